The predicted octanol–water partition coefficient (Wildman–Crippen LogP) is 9.44. The van der Waals surface area contributed by atoms with Gasteiger partial charge in [0.2, 0.25) is 0 Å². The average molecular weight is 534 g/mol. The fraction of sp³-hybridized carbons (Fsp3) is 0.243. The minimum absolute atomic E-state index is 0.0145. The van der Waals surface area contributed by atoms with E-state index in [2.05, 4.69) is 112 Å². The zero-order chi connectivity index (χ0) is 26.9. The number of allylic oxidation sites excluding steroid dienone is 6. The summed E-state index contributed by atoms with van der Waals surface area (Å²) >= 11 is 0. The zero-order valence-electron chi connectivity index (χ0n) is 23.2. The first-order chi connectivity index (χ1) is 20.3. The van der Waals surface area contributed by atoms with Crippen molar-refractivity contribution in [3.63, 3.8) is 0 Å². The molecule has 0 spiro atoms. The molecule has 1 fully saturated rings. The van der Waals surface area contributed by atoms with Crippen LogP contribution in [0.2, 0.25) is 0 Å². The lowest BCUT2D eigenvalue weighted by atomic mass is 9.98. The molecule has 0 amide bonds. The first-order valence-corrected chi connectivity index (χ1v) is 15.2. The molecule has 202 valence electrons. The van der Waals surface area contributed by atoms with Crippen molar-refractivity contribution in [3.8, 4) is 11.1 Å². The third-order valence-corrected chi connectivity index (χ3v) is 9.53. The summed E-state index contributed by atoms with van der Waals surface area (Å²) in [5.41, 5.74) is 11.9. The number of para-hydroxylation sites is 1. The average Bonchev–Trinajstić information content (AvgIpc) is 3.70. The van der Waals surface area contributed by atoms with E-state index < -0.39 is 0 Å². The van der Waals surface area contributed by atoms with Gasteiger partial charge in [-0.05, 0) is 85.3 Å². The summed E-state index contributed by atoms with van der Waals surface area (Å²) in [5, 5.41) is 13.0. The van der Waals surface area contributed by atoms with Gasteiger partial charge in [-0.2, -0.15) is 0 Å². The molecule has 4 nitrogen and oxygen atoms in total. The number of benzene rings is 3. The fourth-order valence-corrected chi connectivity index (χ4v) is 7.61. The van der Waals surface area contributed by atoms with Gasteiger partial charge in [-0.15, -0.1) is 0 Å². The second-order valence-electron chi connectivity index (χ2n) is 11.9. The van der Waals surface area contributed by atoms with E-state index in [1.165, 1.54) is 72.9 Å². The molecule has 5 aromatic rings. The Morgan fingerprint density at radius 1 is 0.780 bits per heavy atom. The zero-order valence-corrected chi connectivity index (χ0v) is 23.2. The van der Waals surface area contributed by atoms with Crippen molar-refractivity contribution in [2.45, 2.75) is 57.3 Å². The van der Waals surface area contributed by atoms with E-state index in [-0.39, 0.29) is 6.29 Å². The predicted molar refractivity (Wildman–Crippen MR) is 172 cm³/mol. The van der Waals surface area contributed by atoms with Crippen molar-refractivity contribution in [2.24, 2.45) is 0 Å². The normalized spacial score (nSPS) is 21.7. The van der Waals surface area contributed by atoms with Crippen LogP contribution in [-0.4, -0.2) is 15.2 Å². The molecule has 2 unspecified atom stereocenters. The molecular formula is C37H33N4-. The summed E-state index contributed by atoms with van der Waals surface area (Å²) in [6, 6.07) is 23.3. The Hall–Kier alpha value is -4.28. The smallest absolute Gasteiger partial charge is 0.0538 e. The SMILES string of the molecule is C1=CCCC(n2c3ccccc3c3cc(-c4ccc5c(c4)c4c(n5C5[N-]C6CCCC=C6N5)CCC=C4)ccc32)=C1. The molecule has 3 aromatic carbocycles. The van der Waals surface area contributed by atoms with Crippen molar-refractivity contribution in [2.75, 3.05) is 0 Å². The summed E-state index contributed by atoms with van der Waals surface area (Å²) in [4.78, 5) is 0. The third kappa shape index (κ3) is 3.57. The van der Waals surface area contributed by atoms with Crippen molar-refractivity contribution >= 4 is 44.5 Å². The number of nitrogens with zero attached hydrogens (tertiary/aromatic N) is 3. The molecule has 0 saturated carbocycles. The van der Waals surface area contributed by atoms with Crippen molar-refractivity contribution in [1.82, 2.24) is 14.5 Å². The monoisotopic (exact) mass is 533 g/mol. The summed E-state index contributed by atoms with van der Waals surface area (Å²) in [5.74, 6) is 0. The van der Waals surface area contributed by atoms with Gasteiger partial charge < -0.3 is 19.8 Å². The molecule has 0 bridgehead atoms. The summed E-state index contributed by atoms with van der Waals surface area (Å²) < 4.78 is 4.95. The standard InChI is InChI=1S/C37H33N4/c1-2-10-26(11-3-1)40-33-16-8-4-12-27(33)29-22-24(18-20-35(29)40)25-19-21-36-30(23-25)28-13-5-9-17-34(28)41(36)37-38-31-14-6-7-15-32(31)39-37/h1-2,4-5,8,10,12-14,16,18-23,32,37-38H,3,6-7,9,11,15,17H2/q-1. The quantitative estimate of drug-likeness (QED) is 0.246. The van der Waals surface area contributed by atoms with Crippen LogP contribution < -0.4 is 5.32 Å². The Morgan fingerprint density at radius 2 is 1.61 bits per heavy atom. The number of hydrogen-bond donors (Lipinski definition) is 1. The van der Waals surface area contributed by atoms with Crippen LogP contribution in [0.15, 0.2) is 96.7 Å². The molecule has 2 atom stereocenters. The maximum atomic E-state index is 5.24. The Labute approximate surface area is 240 Å². The minimum Gasteiger partial charge on any atom is -0.616 e. The molecule has 9 rings (SSSR count). The first-order valence-electron chi connectivity index (χ1n) is 15.2. The van der Waals surface area contributed by atoms with E-state index in [0.29, 0.717) is 6.04 Å². The number of aromatic nitrogens is 2. The van der Waals surface area contributed by atoms with Gasteiger partial charge in [0.25, 0.3) is 0 Å². The van der Waals surface area contributed by atoms with Gasteiger partial charge in [0, 0.05) is 44.9 Å². The van der Waals surface area contributed by atoms with Gasteiger partial charge >= 0.3 is 0 Å². The molecular weight excluding hydrogens is 500 g/mol. The van der Waals surface area contributed by atoms with E-state index >= 15 is 0 Å². The first kappa shape index (κ1) is 23.4. The van der Waals surface area contributed by atoms with Crippen molar-refractivity contribution < 1.29 is 0 Å². The van der Waals surface area contributed by atoms with Crippen LogP contribution in [0.25, 0.3) is 60.9 Å². The van der Waals surface area contributed by atoms with Crippen molar-refractivity contribution in [3.05, 3.63) is 113 Å². The molecule has 1 N–H and O–H groups in total. The van der Waals surface area contributed by atoms with Gasteiger partial charge in [-0.3, -0.25) is 0 Å². The van der Waals surface area contributed by atoms with E-state index in [0.717, 1.165) is 38.5 Å². The maximum absolute atomic E-state index is 5.24. The summed E-state index contributed by atoms with van der Waals surface area (Å²) in [6.07, 6.45) is 21.6. The molecule has 0 radical (unpaired) electrons. The van der Waals surface area contributed by atoms with Crippen LogP contribution in [0.5, 0.6) is 0 Å². The van der Waals surface area contributed by atoms with Gasteiger partial charge in [-0.1, -0.05) is 79.6 Å². The minimum atomic E-state index is -0.0145. The second-order valence-corrected chi connectivity index (χ2v) is 11.9. The van der Waals surface area contributed by atoms with Gasteiger partial charge in [0.05, 0.1) is 11.0 Å². The van der Waals surface area contributed by atoms with Gasteiger partial charge in [0.15, 0.2) is 0 Å². The van der Waals surface area contributed by atoms with Crippen LogP contribution >= 0.6 is 0 Å². The number of hydrogen-bond acceptors (Lipinski definition) is 1. The molecule has 3 heterocycles. The molecule has 1 aliphatic heterocycles. The Bertz CT molecular complexity index is 1990. The van der Waals surface area contributed by atoms with Crippen LogP contribution in [0.4, 0.5) is 0 Å². The molecule has 4 aliphatic rings. The highest BCUT2D eigenvalue weighted by atomic mass is 15.4. The molecule has 41 heavy (non-hydrogen) atoms. The molecule has 4 heteroatoms. The van der Waals surface area contributed by atoms with Crippen LogP contribution in [0, 0.1) is 0 Å². The molecule has 1 saturated heterocycles. The highest BCUT2D eigenvalue weighted by Gasteiger charge is 2.25. The van der Waals surface area contributed by atoms with E-state index in [1.807, 2.05) is 0 Å². The number of rotatable bonds is 3. The highest BCUT2D eigenvalue weighted by Crippen LogP contribution is 2.42. The highest BCUT2D eigenvalue weighted by molar-refractivity contribution is 6.11. The fourth-order valence-electron chi connectivity index (χ4n) is 7.61. The topological polar surface area (TPSA) is 36.0 Å². The van der Waals surface area contributed by atoms with E-state index in [4.69, 9.17) is 5.32 Å². The Morgan fingerprint density at radius 3 is 2.49 bits per heavy atom. The lowest BCUT2D eigenvalue weighted by Crippen LogP contribution is -2.21. The van der Waals surface area contributed by atoms with Crippen LogP contribution in [0.3, 0.4) is 0 Å². The Balaban J connectivity index is 1.19. The summed E-state index contributed by atoms with van der Waals surface area (Å²) in [7, 11) is 0. The van der Waals surface area contributed by atoms with E-state index in [1.54, 1.807) is 0 Å². The second kappa shape index (κ2) is 9.12. The van der Waals surface area contributed by atoms with Crippen LogP contribution in [-0.2, 0) is 6.42 Å². The molecule has 2 aromatic heterocycles. The van der Waals surface area contributed by atoms with Gasteiger partial charge in [-0.25, -0.2) is 0 Å². The van der Waals surface area contributed by atoms with E-state index in [9.17, 15) is 0 Å². The third-order valence-electron chi connectivity index (χ3n) is 9.53. The van der Waals surface area contributed by atoms with Crippen LogP contribution in [0.1, 0.15) is 56.1 Å². The number of nitrogens with one attached hydrogen (secondary N) is 1. The molecule has 3 aliphatic carbocycles. The lowest BCUT2D eigenvalue weighted by molar-refractivity contribution is 0.545. The van der Waals surface area contributed by atoms with Crippen molar-refractivity contribution in [1.29, 1.82) is 0 Å². The largest absolute Gasteiger partial charge is 0.616 e. The van der Waals surface area contributed by atoms with Gasteiger partial charge in [0.1, 0.15) is 0 Å². The lowest BCUT2D eigenvalue weighted by Gasteiger charge is -2.32. The Kier molecular flexibility index (Phi) is 5.21. The number of fused-ring (bicyclic) bond motifs is 7. The maximum Gasteiger partial charge on any atom is 0.0538 e. The summed E-state index contributed by atoms with van der Waals surface area (Å²) in [6.45, 7) is 0.